The van der Waals surface area contributed by atoms with Gasteiger partial charge in [0.05, 0.1) is 12.5 Å². The number of aryl methyl sites for hydroxylation is 1. The van der Waals surface area contributed by atoms with Crippen molar-refractivity contribution in [2.24, 2.45) is 5.92 Å². The zero-order valence-corrected chi connectivity index (χ0v) is 13.0. The van der Waals surface area contributed by atoms with E-state index in [2.05, 4.69) is 25.6 Å². The van der Waals surface area contributed by atoms with Crippen LogP contribution >= 0.6 is 0 Å². The van der Waals surface area contributed by atoms with Gasteiger partial charge < -0.3 is 4.57 Å². The van der Waals surface area contributed by atoms with Crippen molar-refractivity contribution in [3.05, 3.63) is 54.4 Å². The van der Waals surface area contributed by atoms with Crippen molar-refractivity contribution in [1.82, 2.24) is 29.5 Å². The predicted octanol–water partition coefficient (Wildman–Crippen LogP) is 1.12. The normalized spacial score (nSPS) is 16.6. The molecule has 0 bridgehead atoms. The summed E-state index contributed by atoms with van der Waals surface area (Å²) >= 11 is 0. The van der Waals surface area contributed by atoms with E-state index in [0.29, 0.717) is 19.0 Å². The molecule has 8 nitrogen and oxygen atoms in total. The Morgan fingerprint density at radius 1 is 1.25 bits per heavy atom. The van der Waals surface area contributed by atoms with E-state index in [-0.39, 0.29) is 11.8 Å². The standard InChI is InChI=1S/C16H17N7O/c24-15(13-6-7-14-20-18-11-22(14)9-13)19-16-17-10-23(21-16)8-12-4-2-1-3-5-12/h1-5,10-11,13H,6-9H2,(H,19,21,24). The van der Waals surface area contributed by atoms with E-state index < -0.39 is 0 Å². The zero-order chi connectivity index (χ0) is 16.4. The lowest BCUT2D eigenvalue weighted by Gasteiger charge is -2.21. The quantitative estimate of drug-likeness (QED) is 0.777. The van der Waals surface area contributed by atoms with Gasteiger partial charge >= 0.3 is 0 Å². The van der Waals surface area contributed by atoms with E-state index in [1.165, 1.54) is 0 Å². The molecular weight excluding hydrogens is 306 g/mol. The van der Waals surface area contributed by atoms with Crippen molar-refractivity contribution in [3.63, 3.8) is 0 Å². The van der Waals surface area contributed by atoms with Gasteiger partial charge in [0.2, 0.25) is 11.9 Å². The Labute approximate surface area is 138 Å². The van der Waals surface area contributed by atoms with Gasteiger partial charge in [0, 0.05) is 13.0 Å². The van der Waals surface area contributed by atoms with Gasteiger partial charge in [-0.2, -0.15) is 0 Å². The third-order valence-electron chi connectivity index (χ3n) is 4.16. The minimum Gasteiger partial charge on any atom is -0.317 e. The van der Waals surface area contributed by atoms with Gasteiger partial charge in [-0.1, -0.05) is 30.3 Å². The Hall–Kier alpha value is -3.03. The summed E-state index contributed by atoms with van der Waals surface area (Å²) in [5.41, 5.74) is 1.13. The summed E-state index contributed by atoms with van der Waals surface area (Å²) in [6.45, 7) is 1.22. The highest BCUT2D eigenvalue weighted by Gasteiger charge is 2.26. The summed E-state index contributed by atoms with van der Waals surface area (Å²) < 4.78 is 3.64. The summed E-state index contributed by atoms with van der Waals surface area (Å²) in [6.07, 6.45) is 4.81. The van der Waals surface area contributed by atoms with Crippen LogP contribution in [-0.2, 0) is 24.3 Å². The van der Waals surface area contributed by atoms with Crippen molar-refractivity contribution < 1.29 is 4.79 Å². The second kappa shape index (κ2) is 6.23. The van der Waals surface area contributed by atoms with E-state index in [4.69, 9.17) is 0 Å². The van der Waals surface area contributed by atoms with Gasteiger partial charge in [0.25, 0.3) is 0 Å². The molecule has 1 unspecified atom stereocenters. The Balaban J connectivity index is 1.38. The highest BCUT2D eigenvalue weighted by molar-refractivity contribution is 5.90. The number of carbonyl (C=O) groups excluding carboxylic acids is 1. The van der Waals surface area contributed by atoms with E-state index in [9.17, 15) is 4.79 Å². The Morgan fingerprint density at radius 3 is 3.00 bits per heavy atom. The fraction of sp³-hybridized carbons (Fsp3) is 0.312. The van der Waals surface area contributed by atoms with Crippen molar-refractivity contribution in [2.45, 2.75) is 25.9 Å². The molecule has 0 radical (unpaired) electrons. The topological polar surface area (TPSA) is 90.5 Å². The number of rotatable bonds is 4. The molecule has 0 spiro atoms. The number of hydrogen-bond acceptors (Lipinski definition) is 5. The van der Waals surface area contributed by atoms with Gasteiger partial charge in [-0.25, -0.2) is 9.67 Å². The number of aromatic nitrogens is 6. The SMILES string of the molecule is O=C(Nc1ncn(Cc2ccccc2)n1)C1CCc2nncn2C1. The van der Waals surface area contributed by atoms with Gasteiger partial charge in [0.1, 0.15) is 18.5 Å². The predicted molar refractivity (Wildman–Crippen MR) is 86.0 cm³/mol. The summed E-state index contributed by atoms with van der Waals surface area (Å²) in [7, 11) is 0. The maximum atomic E-state index is 12.4. The molecule has 122 valence electrons. The van der Waals surface area contributed by atoms with Crippen LogP contribution < -0.4 is 5.32 Å². The van der Waals surface area contributed by atoms with Crippen molar-refractivity contribution in [3.8, 4) is 0 Å². The van der Waals surface area contributed by atoms with Crippen LogP contribution in [0, 0.1) is 5.92 Å². The number of anilines is 1. The Morgan fingerprint density at radius 2 is 2.12 bits per heavy atom. The Bertz CT molecular complexity index is 839. The Kier molecular flexibility index (Phi) is 3.78. The first-order valence-electron chi connectivity index (χ1n) is 7.89. The molecule has 3 heterocycles. The average molecular weight is 323 g/mol. The lowest BCUT2D eigenvalue weighted by atomic mass is 9.99. The number of nitrogens with zero attached hydrogens (tertiary/aromatic N) is 6. The van der Waals surface area contributed by atoms with Crippen LogP contribution in [0.25, 0.3) is 0 Å². The summed E-state index contributed by atoms with van der Waals surface area (Å²) in [5, 5.41) is 15.0. The molecule has 24 heavy (non-hydrogen) atoms. The largest absolute Gasteiger partial charge is 0.317 e. The molecule has 0 saturated carbocycles. The molecule has 0 fully saturated rings. The fourth-order valence-corrected chi connectivity index (χ4v) is 2.88. The van der Waals surface area contributed by atoms with Crippen molar-refractivity contribution in [2.75, 3.05) is 5.32 Å². The van der Waals surface area contributed by atoms with Crippen LogP contribution in [-0.4, -0.2) is 35.4 Å². The van der Waals surface area contributed by atoms with Crippen molar-refractivity contribution >= 4 is 11.9 Å². The van der Waals surface area contributed by atoms with Gasteiger partial charge in [-0.05, 0) is 12.0 Å². The number of fused-ring (bicyclic) bond motifs is 1. The molecule has 1 atom stereocenters. The fourth-order valence-electron chi connectivity index (χ4n) is 2.88. The van der Waals surface area contributed by atoms with Crippen LogP contribution in [0.1, 0.15) is 17.8 Å². The smallest absolute Gasteiger partial charge is 0.248 e. The second-order valence-corrected chi connectivity index (χ2v) is 5.88. The maximum Gasteiger partial charge on any atom is 0.248 e. The van der Waals surface area contributed by atoms with Gasteiger partial charge in [-0.15, -0.1) is 15.3 Å². The molecular formula is C16H17N7O. The number of amides is 1. The van der Waals surface area contributed by atoms with Crippen molar-refractivity contribution in [1.29, 1.82) is 0 Å². The molecule has 4 rings (SSSR count). The minimum absolute atomic E-state index is 0.0631. The van der Waals surface area contributed by atoms with Crippen LogP contribution in [0.5, 0.6) is 0 Å². The number of benzene rings is 1. The summed E-state index contributed by atoms with van der Waals surface area (Å²) in [6, 6.07) is 9.99. The van der Waals surface area contributed by atoms with Crippen LogP contribution in [0.3, 0.4) is 0 Å². The molecule has 0 saturated heterocycles. The minimum atomic E-state index is -0.116. The molecule has 2 aromatic heterocycles. The molecule has 1 aliphatic rings. The van der Waals surface area contributed by atoms with E-state index >= 15 is 0 Å². The molecule has 1 N–H and O–H groups in total. The van der Waals surface area contributed by atoms with E-state index in [1.807, 2.05) is 34.9 Å². The molecule has 1 amide bonds. The monoisotopic (exact) mass is 323 g/mol. The number of carbonyl (C=O) groups is 1. The first-order valence-corrected chi connectivity index (χ1v) is 7.89. The average Bonchev–Trinajstić information content (AvgIpc) is 3.24. The van der Waals surface area contributed by atoms with Crippen LogP contribution in [0.15, 0.2) is 43.0 Å². The maximum absolute atomic E-state index is 12.4. The first-order chi connectivity index (χ1) is 11.8. The highest BCUT2D eigenvalue weighted by Crippen LogP contribution is 2.19. The lowest BCUT2D eigenvalue weighted by molar-refractivity contribution is -0.120. The number of hydrogen-bond donors (Lipinski definition) is 1. The lowest BCUT2D eigenvalue weighted by Crippen LogP contribution is -2.31. The second-order valence-electron chi connectivity index (χ2n) is 5.88. The van der Waals surface area contributed by atoms with Crippen LogP contribution in [0.2, 0.25) is 0 Å². The summed E-state index contributed by atoms with van der Waals surface area (Å²) in [4.78, 5) is 16.6. The molecule has 1 aliphatic heterocycles. The molecule has 8 heteroatoms. The third-order valence-corrected chi connectivity index (χ3v) is 4.16. The zero-order valence-electron chi connectivity index (χ0n) is 13.0. The third kappa shape index (κ3) is 3.03. The molecule has 3 aromatic rings. The highest BCUT2D eigenvalue weighted by atomic mass is 16.2. The van der Waals surface area contributed by atoms with Gasteiger partial charge in [-0.3, -0.25) is 10.1 Å². The summed E-state index contributed by atoms with van der Waals surface area (Å²) in [5.74, 6) is 1.09. The molecule has 0 aliphatic carbocycles. The number of nitrogens with one attached hydrogen (secondary N) is 1. The van der Waals surface area contributed by atoms with Gasteiger partial charge in [0.15, 0.2) is 0 Å². The van der Waals surface area contributed by atoms with Crippen LogP contribution in [0.4, 0.5) is 5.95 Å². The molecule has 1 aromatic carbocycles. The van der Waals surface area contributed by atoms with E-state index in [1.54, 1.807) is 17.3 Å². The first kappa shape index (κ1) is 14.6. The van der Waals surface area contributed by atoms with E-state index in [0.717, 1.165) is 24.2 Å².